The zero-order valence-electron chi connectivity index (χ0n) is 11.9. The molecule has 0 aliphatic carbocycles. The van der Waals surface area contributed by atoms with Crippen LogP contribution in [0.2, 0.25) is 0 Å². The zero-order chi connectivity index (χ0) is 14.2. The van der Waals surface area contributed by atoms with Crippen molar-refractivity contribution in [2.24, 2.45) is 0 Å². The Morgan fingerprint density at radius 2 is 1.47 bits per heavy atom. The molecule has 0 spiro atoms. The summed E-state index contributed by atoms with van der Waals surface area (Å²) in [7, 11) is 0. The summed E-state index contributed by atoms with van der Waals surface area (Å²) < 4.78 is 0. The average molecular weight is 253 g/mol. The van der Waals surface area contributed by atoms with Crippen molar-refractivity contribution in [1.82, 2.24) is 0 Å². The van der Waals surface area contributed by atoms with Crippen LogP contribution < -0.4 is 5.73 Å². The molecular weight excluding hydrogens is 234 g/mol. The van der Waals surface area contributed by atoms with Crippen molar-refractivity contribution < 1.29 is 4.79 Å². The van der Waals surface area contributed by atoms with Crippen molar-refractivity contribution in [3.63, 3.8) is 0 Å². The van der Waals surface area contributed by atoms with E-state index in [1.807, 2.05) is 39.0 Å². The summed E-state index contributed by atoms with van der Waals surface area (Å²) in [5.41, 5.74) is 12.1. The van der Waals surface area contributed by atoms with Crippen LogP contribution in [0.15, 0.2) is 30.3 Å². The Morgan fingerprint density at radius 3 is 2.16 bits per heavy atom. The van der Waals surface area contributed by atoms with Crippen molar-refractivity contribution in [2.75, 3.05) is 5.73 Å². The van der Waals surface area contributed by atoms with Gasteiger partial charge in [-0.25, -0.2) is 0 Å². The third-order valence-electron chi connectivity index (χ3n) is 3.54. The normalized spacial score (nSPS) is 10.5. The number of carbonyl (C=O) groups excluding carboxylic acids is 1. The van der Waals surface area contributed by atoms with Gasteiger partial charge in [-0.2, -0.15) is 0 Å². The summed E-state index contributed by atoms with van der Waals surface area (Å²) in [5.74, 6) is 0.00167. The number of hydrogen-bond acceptors (Lipinski definition) is 2. The van der Waals surface area contributed by atoms with Crippen molar-refractivity contribution in [1.29, 1.82) is 0 Å². The SMILES string of the molecule is Cc1ccc(N)c(C(=O)c2cc(C)c(C)cc2C)c1. The molecule has 0 atom stereocenters. The Morgan fingerprint density at radius 1 is 0.842 bits per heavy atom. The molecule has 0 aliphatic rings. The minimum Gasteiger partial charge on any atom is -0.398 e. The largest absolute Gasteiger partial charge is 0.398 e. The van der Waals surface area contributed by atoms with Gasteiger partial charge in [0, 0.05) is 16.8 Å². The Labute approximate surface area is 114 Å². The molecule has 0 fully saturated rings. The van der Waals surface area contributed by atoms with E-state index in [2.05, 4.69) is 13.0 Å². The summed E-state index contributed by atoms with van der Waals surface area (Å²) >= 11 is 0. The number of rotatable bonds is 2. The highest BCUT2D eigenvalue weighted by Crippen LogP contribution is 2.22. The lowest BCUT2D eigenvalue weighted by Crippen LogP contribution is -2.08. The van der Waals surface area contributed by atoms with Crippen LogP contribution in [0.5, 0.6) is 0 Å². The van der Waals surface area contributed by atoms with Crippen LogP contribution in [-0.2, 0) is 0 Å². The number of benzene rings is 2. The molecule has 2 aromatic rings. The molecule has 0 aliphatic heterocycles. The number of aryl methyl sites for hydroxylation is 4. The maximum atomic E-state index is 12.6. The first-order chi connectivity index (χ1) is 8.90. The van der Waals surface area contributed by atoms with Crippen LogP contribution >= 0.6 is 0 Å². The quantitative estimate of drug-likeness (QED) is 0.654. The van der Waals surface area contributed by atoms with Gasteiger partial charge in [-0.15, -0.1) is 0 Å². The summed E-state index contributed by atoms with van der Waals surface area (Å²) in [5, 5.41) is 0. The Bertz CT molecular complexity index is 657. The maximum absolute atomic E-state index is 12.6. The van der Waals surface area contributed by atoms with Crippen LogP contribution in [0, 0.1) is 27.7 Å². The molecule has 0 radical (unpaired) electrons. The van der Waals surface area contributed by atoms with Gasteiger partial charge < -0.3 is 5.73 Å². The lowest BCUT2D eigenvalue weighted by molar-refractivity contribution is 0.103. The topological polar surface area (TPSA) is 43.1 Å². The second-order valence-electron chi connectivity index (χ2n) is 5.17. The summed E-state index contributed by atoms with van der Waals surface area (Å²) in [4.78, 5) is 12.6. The highest BCUT2D eigenvalue weighted by Gasteiger charge is 2.15. The molecular formula is C17H19NO. The molecule has 0 unspecified atom stereocenters. The van der Waals surface area contributed by atoms with Gasteiger partial charge in [0.25, 0.3) is 0 Å². The lowest BCUT2D eigenvalue weighted by atomic mass is 9.93. The minimum atomic E-state index is 0.00167. The molecule has 0 heterocycles. The number of hydrogen-bond donors (Lipinski definition) is 1. The maximum Gasteiger partial charge on any atom is 0.195 e. The predicted molar refractivity (Wildman–Crippen MR) is 79.7 cm³/mol. The zero-order valence-corrected chi connectivity index (χ0v) is 11.9. The standard InChI is InChI=1S/C17H19NO/c1-10-5-6-16(18)15(7-10)17(19)14-9-12(3)11(2)8-13(14)4/h5-9H,18H2,1-4H3. The van der Waals surface area contributed by atoms with Gasteiger partial charge in [0.15, 0.2) is 5.78 Å². The first kappa shape index (κ1) is 13.3. The van der Waals surface area contributed by atoms with Gasteiger partial charge in [-0.05, 0) is 62.6 Å². The summed E-state index contributed by atoms with van der Waals surface area (Å²) in [6.45, 7) is 8.00. The van der Waals surface area contributed by atoms with Gasteiger partial charge >= 0.3 is 0 Å². The molecule has 0 saturated heterocycles. The van der Waals surface area contributed by atoms with E-state index in [1.54, 1.807) is 6.07 Å². The van der Waals surface area contributed by atoms with Gasteiger partial charge in [0.1, 0.15) is 0 Å². The number of nitrogens with two attached hydrogens (primary N) is 1. The van der Waals surface area contributed by atoms with E-state index in [0.29, 0.717) is 11.3 Å². The highest BCUT2D eigenvalue weighted by molar-refractivity contribution is 6.13. The average Bonchev–Trinajstić information content (AvgIpc) is 2.36. The molecule has 2 rings (SSSR count). The number of carbonyl (C=O) groups is 1. The predicted octanol–water partition coefficient (Wildman–Crippen LogP) is 3.73. The fourth-order valence-corrected chi connectivity index (χ4v) is 2.22. The molecule has 2 nitrogen and oxygen atoms in total. The second-order valence-corrected chi connectivity index (χ2v) is 5.17. The first-order valence-corrected chi connectivity index (χ1v) is 6.39. The van der Waals surface area contributed by atoms with E-state index < -0.39 is 0 Å². The number of nitrogen functional groups attached to an aromatic ring is 1. The summed E-state index contributed by atoms with van der Waals surface area (Å²) in [6, 6.07) is 9.56. The molecule has 0 bridgehead atoms. The van der Waals surface area contributed by atoms with Crippen LogP contribution in [-0.4, -0.2) is 5.78 Å². The van der Waals surface area contributed by atoms with E-state index in [4.69, 9.17) is 5.73 Å². The summed E-state index contributed by atoms with van der Waals surface area (Å²) in [6.07, 6.45) is 0. The monoisotopic (exact) mass is 253 g/mol. The van der Waals surface area contributed by atoms with Gasteiger partial charge in [0.05, 0.1) is 0 Å². The lowest BCUT2D eigenvalue weighted by Gasteiger charge is -2.11. The Hall–Kier alpha value is -2.09. The van der Waals surface area contributed by atoms with Crippen LogP contribution in [0.25, 0.3) is 0 Å². The molecule has 0 amide bonds. The molecule has 2 aromatic carbocycles. The van der Waals surface area contributed by atoms with Crippen LogP contribution in [0.3, 0.4) is 0 Å². The van der Waals surface area contributed by atoms with E-state index in [9.17, 15) is 4.79 Å². The van der Waals surface area contributed by atoms with E-state index >= 15 is 0 Å². The second kappa shape index (κ2) is 4.88. The van der Waals surface area contributed by atoms with Gasteiger partial charge in [-0.1, -0.05) is 17.7 Å². The molecule has 19 heavy (non-hydrogen) atoms. The third-order valence-corrected chi connectivity index (χ3v) is 3.54. The molecule has 2 heteroatoms. The molecule has 98 valence electrons. The third kappa shape index (κ3) is 2.53. The Balaban J connectivity index is 2.56. The smallest absolute Gasteiger partial charge is 0.195 e. The van der Waals surface area contributed by atoms with E-state index in [1.165, 1.54) is 5.56 Å². The van der Waals surface area contributed by atoms with Crippen LogP contribution in [0.1, 0.15) is 38.2 Å². The minimum absolute atomic E-state index is 0.00167. The van der Waals surface area contributed by atoms with Crippen molar-refractivity contribution in [3.05, 3.63) is 63.7 Å². The fraction of sp³-hybridized carbons (Fsp3) is 0.235. The van der Waals surface area contributed by atoms with Crippen molar-refractivity contribution >= 4 is 11.5 Å². The number of ketones is 1. The van der Waals surface area contributed by atoms with Crippen molar-refractivity contribution in [2.45, 2.75) is 27.7 Å². The van der Waals surface area contributed by atoms with Crippen molar-refractivity contribution in [3.8, 4) is 0 Å². The first-order valence-electron chi connectivity index (χ1n) is 6.39. The van der Waals surface area contributed by atoms with E-state index in [0.717, 1.165) is 22.3 Å². The van der Waals surface area contributed by atoms with Gasteiger partial charge in [0.2, 0.25) is 0 Å². The molecule has 0 saturated carbocycles. The van der Waals surface area contributed by atoms with Crippen LogP contribution in [0.4, 0.5) is 5.69 Å². The van der Waals surface area contributed by atoms with Gasteiger partial charge in [-0.3, -0.25) is 4.79 Å². The van der Waals surface area contributed by atoms with E-state index in [-0.39, 0.29) is 5.78 Å². The Kier molecular flexibility index (Phi) is 3.43. The molecule has 0 aromatic heterocycles. The highest BCUT2D eigenvalue weighted by atomic mass is 16.1. The fourth-order valence-electron chi connectivity index (χ4n) is 2.22. The number of anilines is 1. The molecule has 2 N–H and O–H groups in total.